The van der Waals surface area contributed by atoms with Crippen LogP contribution in [0.4, 0.5) is 5.69 Å². The van der Waals surface area contributed by atoms with Crippen LogP contribution >= 0.6 is 15.9 Å². The molecule has 0 aromatic heterocycles. The Morgan fingerprint density at radius 2 is 2.25 bits per heavy atom. The lowest BCUT2D eigenvalue weighted by molar-refractivity contribution is 0.315. The zero-order chi connectivity index (χ0) is 12.1. The lowest BCUT2D eigenvalue weighted by Gasteiger charge is -2.12. The third-order valence-corrected chi connectivity index (χ3v) is 2.73. The van der Waals surface area contributed by atoms with Gasteiger partial charge in [0, 0.05) is 22.6 Å². The predicted octanol–water partition coefficient (Wildman–Crippen LogP) is 2.55. The summed E-state index contributed by atoms with van der Waals surface area (Å²) in [4.78, 5) is 0. The molecule has 0 bridgehead atoms. The molecule has 0 radical (unpaired) electrons. The number of rotatable bonds is 4. The maximum atomic E-state index is 8.52. The second-order valence-corrected chi connectivity index (χ2v) is 4.74. The first kappa shape index (κ1) is 12.8. The van der Waals surface area contributed by atoms with Gasteiger partial charge >= 0.3 is 0 Å². The normalized spacial score (nSPS) is 13.6. The summed E-state index contributed by atoms with van der Waals surface area (Å²) in [6, 6.07) is 6.08. The Kier molecular flexibility index (Phi) is 4.61. The highest BCUT2D eigenvalue weighted by atomic mass is 79.9. The van der Waals surface area contributed by atoms with Crippen LogP contribution in [0.15, 0.2) is 27.8 Å². The van der Waals surface area contributed by atoms with Gasteiger partial charge in [-0.2, -0.15) is 0 Å². The number of nitrogens with zero attached hydrogens (tertiary/aromatic N) is 1. The number of nitrogens with one attached hydrogen (secondary N) is 1. The molecule has 0 spiro atoms. The van der Waals surface area contributed by atoms with E-state index >= 15 is 0 Å². The van der Waals surface area contributed by atoms with Gasteiger partial charge in [-0.3, -0.25) is 0 Å². The Labute approximate surface area is 104 Å². The van der Waals surface area contributed by atoms with Crippen molar-refractivity contribution in [2.24, 2.45) is 16.8 Å². The number of oxime groups is 1. The lowest BCUT2D eigenvalue weighted by Crippen LogP contribution is -2.27. The molecule has 16 heavy (non-hydrogen) atoms. The van der Waals surface area contributed by atoms with Crippen molar-refractivity contribution < 1.29 is 5.21 Å². The molecular weight excluding hydrogens is 270 g/mol. The SMILES string of the molecule is Cc1cc(Br)cc(NCC(C)/C(N)=N/O)c1. The Balaban J connectivity index is 2.61. The molecule has 1 aromatic carbocycles. The van der Waals surface area contributed by atoms with E-state index < -0.39 is 0 Å². The first-order chi connectivity index (χ1) is 7.52. The second kappa shape index (κ2) is 5.75. The van der Waals surface area contributed by atoms with Crippen LogP contribution in [0.5, 0.6) is 0 Å². The average molecular weight is 286 g/mol. The molecule has 0 aliphatic rings. The van der Waals surface area contributed by atoms with Gasteiger partial charge in [-0.05, 0) is 30.7 Å². The number of hydrogen-bond donors (Lipinski definition) is 3. The number of benzene rings is 1. The van der Waals surface area contributed by atoms with E-state index in [9.17, 15) is 0 Å². The quantitative estimate of drug-likeness (QED) is 0.345. The standard InChI is InChI=1S/C11H16BrN3O/c1-7-3-9(12)5-10(4-7)14-6-8(2)11(13)15-16/h3-5,8,14,16H,6H2,1-2H3,(H2,13,15). The largest absolute Gasteiger partial charge is 0.409 e. The van der Waals surface area contributed by atoms with Gasteiger partial charge in [0.2, 0.25) is 0 Å². The number of nitrogens with two attached hydrogens (primary N) is 1. The summed E-state index contributed by atoms with van der Waals surface area (Å²) in [7, 11) is 0. The smallest absolute Gasteiger partial charge is 0.143 e. The summed E-state index contributed by atoms with van der Waals surface area (Å²) < 4.78 is 1.03. The van der Waals surface area contributed by atoms with Gasteiger partial charge in [-0.15, -0.1) is 0 Å². The lowest BCUT2D eigenvalue weighted by atomic mass is 10.1. The van der Waals surface area contributed by atoms with Gasteiger partial charge in [0.15, 0.2) is 0 Å². The van der Waals surface area contributed by atoms with Crippen LogP contribution in [-0.2, 0) is 0 Å². The summed E-state index contributed by atoms with van der Waals surface area (Å²) in [6.45, 7) is 4.56. The fourth-order valence-corrected chi connectivity index (χ4v) is 1.92. The van der Waals surface area contributed by atoms with Crippen molar-refractivity contribution in [3.05, 3.63) is 28.2 Å². The molecule has 1 unspecified atom stereocenters. The molecule has 0 aliphatic heterocycles. The maximum absolute atomic E-state index is 8.52. The van der Waals surface area contributed by atoms with Crippen LogP contribution in [-0.4, -0.2) is 17.6 Å². The summed E-state index contributed by atoms with van der Waals surface area (Å²) in [5.74, 6) is 0.225. The number of aryl methyl sites for hydroxylation is 1. The Hall–Kier alpha value is -1.23. The second-order valence-electron chi connectivity index (χ2n) is 3.82. The van der Waals surface area contributed by atoms with Crippen LogP contribution in [0.1, 0.15) is 12.5 Å². The van der Waals surface area contributed by atoms with Crippen molar-refractivity contribution >= 4 is 27.5 Å². The van der Waals surface area contributed by atoms with E-state index in [2.05, 4.69) is 26.4 Å². The van der Waals surface area contributed by atoms with Gasteiger partial charge in [-0.25, -0.2) is 0 Å². The predicted molar refractivity (Wildman–Crippen MR) is 69.9 cm³/mol. The molecular formula is C11H16BrN3O. The van der Waals surface area contributed by atoms with E-state index in [4.69, 9.17) is 10.9 Å². The third kappa shape index (κ3) is 3.73. The Morgan fingerprint density at radius 1 is 1.56 bits per heavy atom. The number of halogens is 1. The Morgan fingerprint density at radius 3 is 2.81 bits per heavy atom. The van der Waals surface area contributed by atoms with Crippen molar-refractivity contribution in [1.82, 2.24) is 0 Å². The highest BCUT2D eigenvalue weighted by Crippen LogP contribution is 2.19. The molecule has 0 saturated carbocycles. The summed E-state index contributed by atoms with van der Waals surface area (Å²) >= 11 is 3.43. The van der Waals surface area contributed by atoms with Gasteiger partial charge < -0.3 is 16.3 Å². The molecule has 0 heterocycles. The van der Waals surface area contributed by atoms with Gasteiger partial charge in [0.1, 0.15) is 5.84 Å². The number of hydrogen-bond acceptors (Lipinski definition) is 3. The molecule has 1 aromatic rings. The zero-order valence-corrected chi connectivity index (χ0v) is 11.0. The van der Waals surface area contributed by atoms with Crippen molar-refractivity contribution in [3.63, 3.8) is 0 Å². The van der Waals surface area contributed by atoms with Crippen LogP contribution in [0.2, 0.25) is 0 Å². The monoisotopic (exact) mass is 285 g/mol. The van der Waals surface area contributed by atoms with E-state index in [0.717, 1.165) is 10.2 Å². The molecule has 4 nitrogen and oxygen atoms in total. The van der Waals surface area contributed by atoms with Gasteiger partial charge in [0.05, 0.1) is 0 Å². The minimum absolute atomic E-state index is 0.00992. The van der Waals surface area contributed by atoms with E-state index in [1.165, 1.54) is 5.56 Å². The highest BCUT2D eigenvalue weighted by molar-refractivity contribution is 9.10. The zero-order valence-electron chi connectivity index (χ0n) is 9.37. The van der Waals surface area contributed by atoms with Crippen LogP contribution in [0, 0.1) is 12.8 Å². The topological polar surface area (TPSA) is 70.6 Å². The van der Waals surface area contributed by atoms with Crippen LogP contribution in [0.3, 0.4) is 0 Å². The van der Waals surface area contributed by atoms with Crippen molar-refractivity contribution in [1.29, 1.82) is 0 Å². The highest BCUT2D eigenvalue weighted by Gasteiger charge is 2.07. The minimum Gasteiger partial charge on any atom is -0.409 e. The molecule has 0 fully saturated rings. The maximum Gasteiger partial charge on any atom is 0.143 e. The van der Waals surface area contributed by atoms with Crippen LogP contribution < -0.4 is 11.1 Å². The molecule has 5 heteroatoms. The first-order valence-electron chi connectivity index (χ1n) is 5.01. The summed E-state index contributed by atoms with van der Waals surface area (Å²) in [6.07, 6.45) is 0. The summed E-state index contributed by atoms with van der Waals surface area (Å²) in [5.41, 5.74) is 7.68. The number of amidine groups is 1. The van der Waals surface area contributed by atoms with Crippen molar-refractivity contribution in [2.75, 3.05) is 11.9 Å². The molecule has 0 saturated heterocycles. The third-order valence-electron chi connectivity index (χ3n) is 2.27. The molecule has 4 N–H and O–H groups in total. The van der Waals surface area contributed by atoms with E-state index in [1.807, 2.05) is 32.0 Å². The van der Waals surface area contributed by atoms with Crippen molar-refractivity contribution in [2.45, 2.75) is 13.8 Å². The number of anilines is 1. The molecule has 1 rings (SSSR count). The van der Waals surface area contributed by atoms with Crippen molar-refractivity contribution in [3.8, 4) is 0 Å². The molecule has 88 valence electrons. The van der Waals surface area contributed by atoms with E-state index in [1.54, 1.807) is 0 Å². The van der Waals surface area contributed by atoms with E-state index in [0.29, 0.717) is 6.54 Å². The average Bonchev–Trinajstić information content (AvgIpc) is 2.23. The fraction of sp³-hybridized carbons (Fsp3) is 0.364. The molecule has 0 amide bonds. The molecule has 1 atom stereocenters. The van der Waals surface area contributed by atoms with E-state index in [-0.39, 0.29) is 11.8 Å². The van der Waals surface area contributed by atoms with Crippen LogP contribution in [0.25, 0.3) is 0 Å². The minimum atomic E-state index is -0.00992. The van der Waals surface area contributed by atoms with Gasteiger partial charge in [-0.1, -0.05) is 28.0 Å². The fourth-order valence-electron chi connectivity index (χ4n) is 1.31. The first-order valence-corrected chi connectivity index (χ1v) is 5.80. The van der Waals surface area contributed by atoms with Gasteiger partial charge in [0.25, 0.3) is 0 Å². The Bertz CT molecular complexity index is 373. The molecule has 0 aliphatic carbocycles. The summed E-state index contributed by atoms with van der Waals surface area (Å²) in [5, 5.41) is 14.7.